The van der Waals surface area contributed by atoms with E-state index >= 15 is 0 Å². The summed E-state index contributed by atoms with van der Waals surface area (Å²) in [6.45, 7) is 7.57. The largest absolute Gasteiger partial charge is 0.463 e. The van der Waals surface area contributed by atoms with Crippen molar-refractivity contribution in [2.24, 2.45) is 0 Å². The SMILES string of the molecule is CCCCCCCCCC(=O)OCCOCCOCCOCCOC(=O)CCCCCCCC. The molecule has 0 aromatic heterocycles. The molecular weight excluding hydrogens is 436 g/mol. The van der Waals surface area contributed by atoms with Crippen LogP contribution in [0.1, 0.15) is 110 Å². The Morgan fingerprint density at radius 3 is 1.06 bits per heavy atom. The lowest BCUT2D eigenvalue weighted by Crippen LogP contribution is -2.15. The summed E-state index contributed by atoms with van der Waals surface area (Å²) in [5.41, 5.74) is 0. The van der Waals surface area contributed by atoms with E-state index in [1.54, 1.807) is 0 Å². The topological polar surface area (TPSA) is 80.3 Å². The maximum atomic E-state index is 11.6. The molecule has 0 saturated carbocycles. The van der Waals surface area contributed by atoms with E-state index in [0.29, 0.717) is 52.5 Å². The number of rotatable bonds is 27. The minimum absolute atomic E-state index is 0.140. The number of carbonyl (C=O) groups is 2. The molecule has 0 rings (SSSR count). The molecule has 0 spiro atoms. The van der Waals surface area contributed by atoms with Gasteiger partial charge in [0, 0.05) is 12.8 Å². The molecule has 0 unspecified atom stereocenters. The highest BCUT2D eigenvalue weighted by atomic mass is 16.6. The van der Waals surface area contributed by atoms with Gasteiger partial charge in [-0.2, -0.15) is 0 Å². The third-order valence-corrected chi connectivity index (χ3v) is 5.44. The van der Waals surface area contributed by atoms with Gasteiger partial charge in [-0.1, -0.05) is 84.5 Å². The van der Waals surface area contributed by atoms with Crippen molar-refractivity contribution in [3.8, 4) is 0 Å². The van der Waals surface area contributed by atoms with Crippen LogP contribution < -0.4 is 0 Å². The first-order valence-electron chi connectivity index (χ1n) is 13.7. The zero-order valence-corrected chi connectivity index (χ0v) is 22.1. The molecule has 0 aliphatic carbocycles. The van der Waals surface area contributed by atoms with Gasteiger partial charge in [-0.3, -0.25) is 9.59 Å². The molecule has 0 saturated heterocycles. The van der Waals surface area contributed by atoms with E-state index in [1.807, 2.05) is 0 Å². The van der Waals surface area contributed by atoms with Crippen LogP contribution in [0, 0.1) is 0 Å². The van der Waals surface area contributed by atoms with Crippen molar-refractivity contribution in [3.05, 3.63) is 0 Å². The lowest BCUT2D eigenvalue weighted by Gasteiger charge is -2.08. The minimum atomic E-state index is -0.143. The Bertz CT molecular complexity index is 443. The number of unbranched alkanes of at least 4 members (excludes halogenated alkanes) is 11. The summed E-state index contributed by atoms with van der Waals surface area (Å²) in [5, 5.41) is 0. The number of carbonyl (C=O) groups excluding carboxylic acids is 2. The second-order valence-electron chi connectivity index (χ2n) is 8.67. The van der Waals surface area contributed by atoms with Gasteiger partial charge in [0.25, 0.3) is 0 Å². The molecule has 34 heavy (non-hydrogen) atoms. The molecule has 7 nitrogen and oxygen atoms in total. The minimum Gasteiger partial charge on any atom is -0.463 e. The van der Waals surface area contributed by atoms with Gasteiger partial charge in [-0.25, -0.2) is 0 Å². The van der Waals surface area contributed by atoms with Crippen LogP contribution in [0.2, 0.25) is 0 Å². The second-order valence-corrected chi connectivity index (χ2v) is 8.67. The van der Waals surface area contributed by atoms with Crippen LogP contribution >= 0.6 is 0 Å². The molecule has 0 fully saturated rings. The van der Waals surface area contributed by atoms with Crippen molar-refractivity contribution in [2.45, 2.75) is 110 Å². The van der Waals surface area contributed by atoms with Gasteiger partial charge in [-0.05, 0) is 12.8 Å². The predicted molar refractivity (Wildman–Crippen MR) is 135 cm³/mol. The van der Waals surface area contributed by atoms with Gasteiger partial charge in [0.1, 0.15) is 13.2 Å². The molecule has 0 aliphatic rings. The van der Waals surface area contributed by atoms with Crippen LogP contribution in [0.15, 0.2) is 0 Å². The average Bonchev–Trinajstić information content (AvgIpc) is 2.83. The molecule has 0 aliphatic heterocycles. The third-order valence-electron chi connectivity index (χ3n) is 5.44. The van der Waals surface area contributed by atoms with Gasteiger partial charge in [-0.15, -0.1) is 0 Å². The monoisotopic (exact) mass is 488 g/mol. The van der Waals surface area contributed by atoms with Crippen molar-refractivity contribution in [2.75, 3.05) is 52.9 Å². The van der Waals surface area contributed by atoms with E-state index in [1.165, 1.54) is 57.8 Å². The van der Waals surface area contributed by atoms with Crippen molar-refractivity contribution in [1.29, 1.82) is 0 Å². The molecular formula is C27H52O7. The van der Waals surface area contributed by atoms with Gasteiger partial charge in [0.2, 0.25) is 0 Å². The fourth-order valence-electron chi connectivity index (χ4n) is 3.39. The summed E-state index contributed by atoms with van der Waals surface area (Å²) in [7, 11) is 0. The molecule has 0 N–H and O–H groups in total. The third kappa shape index (κ3) is 27.1. The van der Waals surface area contributed by atoms with Crippen LogP contribution in [0.25, 0.3) is 0 Å². The summed E-state index contributed by atoms with van der Waals surface area (Å²) in [6, 6.07) is 0. The Hall–Kier alpha value is -1.18. The van der Waals surface area contributed by atoms with Gasteiger partial charge < -0.3 is 23.7 Å². The van der Waals surface area contributed by atoms with Gasteiger partial charge >= 0.3 is 11.9 Å². The standard InChI is InChI=1S/C27H52O7/c1-3-5-7-9-11-13-15-17-27(29)34-25-23-32-21-19-30-18-20-31-22-24-33-26(28)16-14-12-10-8-6-4-2/h3-25H2,1-2H3. The van der Waals surface area contributed by atoms with Crippen molar-refractivity contribution >= 4 is 11.9 Å². The predicted octanol–water partition coefficient (Wildman–Crippen LogP) is 6.01. The lowest BCUT2D eigenvalue weighted by atomic mass is 10.1. The summed E-state index contributed by atoms with van der Waals surface area (Å²) < 4.78 is 26.5. The van der Waals surface area contributed by atoms with Crippen LogP contribution in [0.5, 0.6) is 0 Å². The molecule has 0 aromatic carbocycles. The summed E-state index contributed by atoms with van der Waals surface area (Å²) in [4.78, 5) is 23.3. The molecule has 202 valence electrons. The maximum absolute atomic E-state index is 11.6. The number of esters is 2. The Labute approximate surface area is 208 Å². The number of hydrogen-bond donors (Lipinski definition) is 0. The Kier molecular flexibility index (Phi) is 27.1. The second kappa shape index (κ2) is 28.1. The summed E-state index contributed by atoms with van der Waals surface area (Å²) in [6.07, 6.45) is 16.3. The number of ether oxygens (including phenoxy) is 5. The fourth-order valence-corrected chi connectivity index (χ4v) is 3.39. The summed E-state index contributed by atoms with van der Waals surface area (Å²) in [5.74, 6) is -0.283. The van der Waals surface area contributed by atoms with E-state index in [-0.39, 0.29) is 25.2 Å². The first-order chi connectivity index (χ1) is 16.7. The van der Waals surface area contributed by atoms with Crippen molar-refractivity contribution < 1.29 is 33.3 Å². The first kappa shape index (κ1) is 32.8. The van der Waals surface area contributed by atoms with E-state index in [0.717, 1.165) is 25.7 Å². The van der Waals surface area contributed by atoms with E-state index in [9.17, 15) is 9.59 Å². The highest BCUT2D eigenvalue weighted by Gasteiger charge is 2.03. The van der Waals surface area contributed by atoms with Crippen LogP contribution in [0.4, 0.5) is 0 Å². The molecule has 0 radical (unpaired) electrons. The first-order valence-corrected chi connectivity index (χ1v) is 13.7. The molecule has 0 atom stereocenters. The van der Waals surface area contributed by atoms with Crippen LogP contribution in [-0.2, 0) is 33.3 Å². The zero-order valence-electron chi connectivity index (χ0n) is 22.1. The highest BCUT2D eigenvalue weighted by Crippen LogP contribution is 2.09. The van der Waals surface area contributed by atoms with Crippen molar-refractivity contribution in [1.82, 2.24) is 0 Å². The normalized spacial score (nSPS) is 11.0. The van der Waals surface area contributed by atoms with Gasteiger partial charge in [0.15, 0.2) is 0 Å². The Morgan fingerprint density at radius 1 is 0.412 bits per heavy atom. The quantitative estimate of drug-likeness (QED) is 0.103. The fraction of sp³-hybridized carbons (Fsp3) is 0.926. The van der Waals surface area contributed by atoms with Gasteiger partial charge in [0.05, 0.1) is 39.6 Å². The molecule has 7 heteroatoms. The molecule has 0 bridgehead atoms. The van der Waals surface area contributed by atoms with E-state index in [2.05, 4.69) is 13.8 Å². The maximum Gasteiger partial charge on any atom is 0.305 e. The highest BCUT2D eigenvalue weighted by molar-refractivity contribution is 5.69. The zero-order chi connectivity index (χ0) is 25.0. The molecule has 0 aromatic rings. The number of hydrogen-bond acceptors (Lipinski definition) is 7. The Morgan fingerprint density at radius 2 is 0.706 bits per heavy atom. The van der Waals surface area contributed by atoms with Crippen LogP contribution in [-0.4, -0.2) is 64.8 Å². The molecule has 0 amide bonds. The lowest BCUT2D eigenvalue weighted by molar-refractivity contribution is -0.146. The average molecular weight is 489 g/mol. The molecule has 0 heterocycles. The van der Waals surface area contributed by atoms with Crippen LogP contribution in [0.3, 0.4) is 0 Å². The van der Waals surface area contributed by atoms with E-state index < -0.39 is 0 Å². The Balaban J connectivity index is 3.20. The van der Waals surface area contributed by atoms with E-state index in [4.69, 9.17) is 23.7 Å². The summed E-state index contributed by atoms with van der Waals surface area (Å²) >= 11 is 0. The smallest absolute Gasteiger partial charge is 0.305 e. The van der Waals surface area contributed by atoms with Crippen molar-refractivity contribution in [3.63, 3.8) is 0 Å².